The van der Waals surface area contributed by atoms with E-state index in [2.05, 4.69) is 10.2 Å². The van der Waals surface area contributed by atoms with Crippen molar-refractivity contribution in [2.45, 2.75) is 11.6 Å². The van der Waals surface area contributed by atoms with Crippen LogP contribution in [-0.4, -0.2) is 31.6 Å². The van der Waals surface area contributed by atoms with Gasteiger partial charge in [0.05, 0.1) is 0 Å². The van der Waals surface area contributed by atoms with Crippen molar-refractivity contribution in [2.24, 2.45) is 0 Å². The molecule has 0 aliphatic heterocycles. The van der Waals surface area contributed by atoms with E-state index in [1.54, 1.807) is 24.3 Å². The Morgan fingerprint density at radius 2 is 1.79 bits per heavy atom. The second kappa shape index (κ2) is 7.18. The average molecular weight is 340 g/mol. The molecule has 0 bridgehead atoms. The number of hydrogen-bond donors (Lipinski definition) is 1. The highest BCUT2D eigenvalue weighted by atomic mass is 32.2. The lowest BCUT2D eigenvalue weighted by atomic mass is 10.2. The highest BCUT2D eigenvalue weighted by Gasteiger charge is 2.15. The van der Waals surface area contributed by atoms with Crippen LogP contribution >= 0.6 is 11.8 Å². The van der Waals surface area contributed by atoms with Gasteiger partial charge in [-0.1, -0.05) is 30.0 Å². The number of carboxylic acids is 1. The fourth-order valence-electron chi connectivity index (χ4n) is 2.20. The molecule has 24 heavy (non-hydrogen) atoms. The molecule has 2 aromatic carbocycles. The molecular formula is C17H14N3O3S-. The van der Waals surface area contributed by atoms with E-state index < -0.39 is 5.97 Å². The Labute approximate surface area is 142 Å². The molecule has 0 fully saturated rings. The number of carboxylic acid groups (broad SMARTS) is 1. The summed E-state index contributed by atoms with van der Waals surface area (Å²) in [5.41, 5.74) is 1.68. The number of nitrogens with zero attached hydrogens (tertiary/aromatic N) is 3. The van der Waals surface area contributed by atoms with Crippen LogP contribution in [-0.2, 0) is 4.79 Å². The van der Waals surface area contributed by atoms with Crippen LogP contribution in [0.5, 0.6) is 5.75 Å². The lowest BCUT2D eigenvalue weighted by molar-refractivity contribution is -0.305. The minimum absolute atomic E-state index is 0.0547. The van der Waals surface area contributed by atoms with E-state index in [-0.39, 0.29) is 12.2 Å². The van der Waals surface area contributed by atoms with Gasteiger partial charge in [0, 0.05) is 23.0 Å². The summed E-state index contributed by atoms with van der Waals surface area (Å²) in [4.78, 5) is 10.6. The van der Waals surface area contributed by atoms with Crippen LogP contribution in [0.2, 0.25) is 0 Å². The molecule has 0 aliphatic rings. The molecule has 7 heteroatoms. The predicted molar refractivity (Wildman–Crippen MR) is 88.8 cm³/mol. The van der Waals surface area contributed by atoms with Gasteiger partial charge in [0.15, 0.2) is 11.0 Å². The summed E-state index contributed by atoms with van der Waals surface area (Å²) in [5.74, 6) is 0.0559. The number of phenols is 1. The van der Waals surface area contributed by atoms with Gasteiger partial charge in [-0.05, 0) is 42.8 Å². The number of phenolic OH excluding ortho intramolecular Hbond substituents is 1. The number of carbonyl (C=O) groups is 1. The zero-order chi connectivity index (χ0) is 16.9. The number of rotatable bonds is 6. The van der Waals surface area contributed by atoms with Crippen molar-refractivity contribution in [3.05, 3.63) is 54.6 Å². The molecule has 1 aromatic heterocycles. The summed E-state index contributed by atoms with van der Waals surface area (Å²) in [7, 11) is 0. The first-order chi connectivity index (χ1) is 11.6. The number of thioether (sulfide) groups is 1. The van der Waals surface area contributed by atoms with Gasteiger partial charge in [0.1, 0.15) is 5.75 Å². The summed E-state index contributed by atoms with van der Waals surface area (Å²) < 4.78 is 1.87. The molecule has 0 aliphatic carbocycles. The van der Waals surface area contributed by atoms with E-state index in [0.29, 0.717) is 16.7 Å². The fourth-order valence-corrected chi connectivity index (χ4v) is 3.07. The molecular weight excluding hydrogens is 326 g/mol. The first kappa shape index (κ1) is 16.1. The third kappa shape index (κ3) is 3.57. The first-order valence-electron chi connectivity index (χ1n) is 7.28. The molecule has 122 valence electrons. The van der Waals surface area contributed by atoms with Crippen molar-refractivity contribution in [2.75, 3.05) is 5.75 Å². The Bertz CT molecular complexity index is 832. The largest absolute Gasteiger partial charge is 0.550 e. The molecule has 0 radical (unpaired) electrons. The molecule has 0 atom stereocenters. The van der Waals surface area contributed by atoms with Crippen LogP contribution in [0.15, 0.2) is 59.8 Å². The fraction of sp³-hybridized carbons (Fsp3) is 0.118. The topological polar surface area (TPSA) is 91.1 Å². The summed E-state index contributed by atoms with van der Waals surface area (Å²) >= 11 is 1.31. The predicted octanol–water partition coefficient (Wildman–Crippen LogP) is 1.87. The van der Waals surface area contributed by atoms with E-state index in [9.17, 15) is 15.0 Å². The van der Waals surface area contributed by atoms with E-state index in [0.717, 1.165) is 11.3 Å². The molecule has 6 nitrogen and oxygen atoms in total. The smallest absolute Gasteiger partial charge is 0.196 e. The van der Waals surface area contributed by atoms with Gasteiger partial charge in [0.2, 0.25) is 0 Å². The van der Waals surface area contributed by atoms with Crippen molar-refractivity contribution in [1.29, 1.82) is 0 Å². The minimum Gasteiger partial charge on any atom is -0.550 e. The van der Waals surface area contributed by atoms with Gasteiger partial charge in [-0.3, -0.25) is 4.57 Å². The maximum absolute atomic E-state index is 10.6. The molecule has 0 amide bonds. The van der Waals surface area contributed by atoms with Gasteiger partial charge < -0.3 is 15.0 Å². The lowest BCUT2D eigenvalue weighted by Gasteiger charge is -2.10. The first-order valence-corrected chi connectivity index (χ1v) is 8.26. The number of hydrogen-bond acceptors (Lipinski definition) is 6. The van der Waals surface area contributed by atoms with Crippen LogP contribution < -0.4 is 5.11 Å². The van der Waals surface area contributed by atoms with Crippen LogP contribution in [0.25, 0.3) is 17.1 Å². The van der Waals surface area contributed by atoms with Crippen molar-refractivity contribution in [3.8, 4) is 22.8 Å². The molecule has 0 saturated carbocycles. The van der Waals surface area contributed by atoms with Gasteiger partial charge in [-0.25, -0.2) is 0 Å². The van der Waals surface area contributed by atoms with Gasteiger partial charge in [-0.15, -0.1) is 10.2 Å². The van der Waals surface area contributed by atoms with Crippen molar-refractivity contribution in [1.82, 2.24) is 14.8 Å². The van der Waals surface area contributed by atoms with Crippen molar-refractivity contribution in [3.63, 3.8) is 0 Å². The second-order valence-corrected chi connectivity index (χ2v) is 6.06. The molecule has 3 rings (SSSR count). The van der Waals surface area contributed by atoms with E-state index in [4.69, 9.17) is 0 Å². The summed E-state index contributed by atoms with van der Waals surface area (Å²) in [6.07, 6.45) is -0.0547. The number of aliphatic carboxylic acids is 1. The Hall–Kier alpha value is -2.80. The third-order valence-corrected chi connectivity index (χ3v) is 4.24. The Balaban J connectivity index is 2.01. The maximum Gasteiger partial charge on any atom is 0.196 e. The van der Waals surface area contributed by atoms with Crippen LogP contribution in [0.3, 0.4) is 0 Å². The van der Waals surface area contributed by atoms with Gasteiger partial charge in [-0.2, -0.15) is 0 Å². The quantitative estimate of drug-likeness (QED) is 0.689. The maximum atomic E-state index is 10.6. The summed E-state index contributed by atoms with van der Waals surface area (Å²) in [5, 5.41) is 29.1. The number of aromatic nitrogens is 3. The zero-order valence-corrected chi connectivity index (χ0v) is 13.4. The highest BCUT2D eigenvalue weighted by Crippen LogP contribution is 2.28. The van der Waals surface area contributed by atoms with Crippen LogP contribution in [0.4, 0.5) is 0 Å². The molecule has 1 N–H and O–H groups in total. The number of benzene rings is 2. The molecule has 1 heterocycles. The van der Waals surface area contributed by atoms with E-state index >= 15 is 0 Å². The molecule has 3 aromatic rings. The van der Waals surface area contributed by atoms with Crippen molar-refractivity contribution < 1.29 is 15.0 Å². The van der Waals surface area contributed by atoms with E-state index in [1.165, 1.54) is 11.8 Å². The SMILES string of the molecule is O=C([O-])CCSc1nnc(-c2ccc(O)cc2)n1-c1ccccc1. The van der Waals surface area contributed by atoms with Crippen molar-refractivity contribution >= 4 is 17.7 Å². The Kier molecular flexibility index (Phi) is 4.81. The summed E-state index contributed by atoms with van der Waals surface area (Å²) in [6, 6.07) is 16.3. The minimum atomic E-state index is -1.09. The van der Waals surface area contributed by atoms with E-state index in [1.807, 2.05) is 34.9 Å². The lowest BCUT2D eigenvalue weighted by Crippen LogP contribution is -2.22. The monoisotopic (exact) mass is 340 g/mol. The van der Waals surface area contributed by atoms with Gasteiger partial charge in [0.25, 0.3) is 0 Å². The highest BCUT2D eigenvalue weighted by molar-refractivity contribution is 7.99. The standard InChI is InChI=1S/C17H15N3O3S/c21-14-8-6-12(7-9-14)16-18-19-17(24-11-10-15(22)23)20(16)13-4-2-1-3-5-13/h1-9,21H,10-11H2,(H,22,23)/p-1. The Morgan fingerprint density at radius 1 is 1.08 bits per heavy atom. The molecule has 0 unspecified atom stereocenters. The second-order valence-electron chi connectivity index (χ2n) is 4.99. The molecule has 0 saturated heterocycles. The van der Waals surface area contributed by atoms with Gasteiger partial charge >= 0.3 is 0 Å². The third-order valence-electron chi connectivity index (χ3n) is 3.31. The Morgan fingerprint density at radius 3 is 2.46 bits per heavy atom. The number of para-hydroxylation sites is 1. The van der Waals surface area contributed by atoms with Crippen LogP contribution in [0, 0.1) is 0 Å². The zero-order valence-electron chi connectivity index (χ0n) is 12.6. The molecule has 0 spiro atoms. The average Bonchev–Trinajstić information content (AvgIpc) is 3.00. The number of aromatic hydroxyl groups is 1. The van der Waals surface area contributed by atoms with Crippen LogP contribution in [0.1, 0.15) is 6.42 Å². The number of carbonyl (C=O) groups excluding carboxylic acids is 1. The normalized spacial score (nSPS) is 10.7. The summed E-state index contributed by atoms with van der Waals surface area (Å²) in [6.45, 7) is 0.